The average Bonchev–Trinajstić information content (AvgIpc) is 2.24. The van der Waals surface area contributed by atoms with Crippen LogP contribution in [0, 0.1) is 12.3 Å². The summed E-state index contributed by atoms with van der Waals surface area (Å²) in [6.07, 6.45) is 4.58. The third kappa shape index (κ3) is 6.17. The van der Waals surface area contributed by atoms with Crippen LogP contribution >= 0.6 is 0 Å². The van der Waals surface area contributed by atoms with Gasteiger partial charge in [0.2, 0.25) is 5.91 Å². The number of carboxylic acid groups (broad SMARTS) is 2. The molecule has 0 aromatic carbocycles. The summed E-state index contributed by atoms with van der Waals surface area (Å²) < 4.78 is 0. The van der Waals surface area contributed by atoms with Crippen molar-refractivity contribution in [2.45, 2.75) is 31.3 Å². The summed E-state index contributed by atoms with van der Waals surface area (Å²) in [6.45, 7) is 0. The summed E-state index contributed by atoms with van der Waals surface area (Å²) in [4.78, 5) is 32.3. The fourth-order valence-corrected chi connectivity index (χ4v) is 0.994. The minimum atomic E-state index is -1.24. The zero-order valence-electron chi connectivity index (χ0n) is 9.05. The number of carbonyl (C=O) groups excluding carboxylic acids is 1. The van der Waals surface area contributed by atoms with Gasteiger partial charge in [0, 0.05) is 12.8 Å². The van der Waals surface area contributed by atoms with Crippen molar-refractivity contribution in [1.82, 2.24) is 5.32 Å². The molecule has 0 aromatic rings. The highest BCUT2D eigenvalue weighted by atomic mass is 16.4. The molecule has 1 unspecified atom stereocenters. The lowest BCUT2D eigenvalue weighted by molar-refractivity contribution is -0.142. The van der Waals surface area contributed by atoms with Crippen molar-refractivity contribution in [3.63, 3.8) is 0 Å². The summed E-state index contributed by atoms with van der Waals surface area (Å²) >= 11 is 0. The number of hydrogen-bond donors (Lipinski definition) is 4. The predicted octanol–water partition coefficient (Wildman–Crippen LogP) is -1.23. The van der Waals surface area contributed by atoms with Gasteiger partial charge in [-0.25, -0.2) is 4.79 Å². The van der Waals surface area contributed by atoms with Crippen molar-refractivity contribution in [2.24, 2.45) is 5.73 Å². The van der Waals surface area contributed by atoms with E-state index >= 15 is 0 Å². The van der Waals surface area contributed by atoms with Gasteiger partial charge in [0.25, 0.3) is 0 Å². The number of rotatable bonds is 7. The zero-order valence-corrected chi connectivity index (χ0v) is 9.05. The van der Waals surface area contributed by atoms with E-state index in [2.05, 4.69) is 11.2 Å². The number of hydrogen-bond acceptors (Lipinski definition) is 4. The van der Waals surface area contributed by atoms with E-state index in [4.69, 9.17) is 22.4 Å². The number of aliphatic carboxylic acids is 2. The minimum Gasteiger partial charge on any atom is -0.480 e. The Bertz CT molecular complexity index is 347. The summed E-state index contributed by atoms with van der Waals surface area (Å²) in [5.41, 5.74) is 5.19. The van der Waals surface area contributed by atoms with Crippen molar-refractivity contribution in [3.05, 3.63) is 0 Å². The molecule has 1 amide bonds. The van der Waals surface area contributed by atoms with E-state index in [0.717, 1.165) is 0 Å². The number of amides is 1. The number of carbonyl (C=O) groups is 3. The summed E-state index contributed by atoms with van der Waals surface area (Å²) in [7, 11) is 0. The fourth-order valence-electron chi connectivity index (χ4n) is 0.994. The maximum atomic E-state index is 11.3. The number of nitrogens with two attached hydrogens (primary N) is 1. The lowest BCUT2D eigenvalue weighted by atomic mass is 10.1. The van der Waals surface area contributed by atoms with Gasteiger partial charge < -0.3 is 21.3 Å². The molecule has 2 atom stereocenters. The Balaban J connectivity index is 4.12. The van der Waals surface area contributed by atoms with Crippen LogP contribution in [0.3, 0.4) is 0 Å². The third-order valence-corrected chi connectivity index (χ3v) is 1.95. The summed E-state index contributed by atoms with van der Waals surface area (Å²) in [5, 5.41) is 19.3. The van der Waals surface area contributed by atoms with E-state index in [1.807, 2.05) is 0 Å². The molecule has 17 heavy (non-hydrogen) atoms. The summed E-state index contributed by atoms with van der Waals surface area (Å²) in [6, 6.07) is -2.30. The molecule has 7 heteroatoms. The van der Waals surface area contributed by atoms with Gasteiger partial charge in [0.1, 0.15) is 12.1 Å². The van der Waals surface area contributed by atoms with Gasteiger partial charge in [-0.3, -0.25) is 9.59 Å². The second kappa shape index (κ2) is 7.24. The van der Waals surface area contributed by atoms with Gasteiger partial charge >= 0.3 is 11.9 Å². The zero-order chi connectivity index (χ0) is 13.4. The molecule has 0 aromatic heterocycles. The largest absolute Gasteiger partial charge is 0.480 e. The molecule has 0 saturated carbocycles. The Morgan fingerprint density at radius 1 is 1.29 bits per heavy atom. The van der Waals surface area contributed by atoms with Crippen molar-refractivity contribution >= 4 is 17.8 Å². The highest BCUT2D eigenvalue weighted by molar-refractivity contribution is 5.84. The van der Waals surface area contributed by atoms with Gasteiger partial charge in [-0.1, -0.05) is 0 Å². The first-order valence-electron chi connectivity index (χ1n) is 4.82. The van der Waals surface area contributed by atoms with Gasteiger partial charge in [-0.05, 0) is 6.42 Å². The first-order chi connectivity index (χ1) is 7.88. The van der Waals surface area contributed by atoms with Crippen LogP contribution in [0.2, 0.25) is 0 Å². The standard InChI is InChI=1S/C10H14N2O5/c1-2-3-7(10(16)17)12-8(13)5-4-6(11)9(14)15/h1,6-7H,3-5,11H2,(H,12,13)(H,14,15)(H,16,17)/t6-,7?/m0/s1. The smallest absolute Gasteiger partial charge is 0.327 e. The molecule has 5 N–H and O–H groups in total. The maximum absolute atomic E-state index is 11.3. The fraction of sp³-hybridized carbons (Fsp3) is 0.500. The minimum absolute atomic E-state index is 0.0659. The molecule has 0 aliphatic heterocycles. The van der Waals surface area contributed by atoms with E-state index < -0.39 is 29.9 Å². The van der Waals surface area contributed by atoms with Gasteiger partial charge in [0.05, 0.1) is 0 Å². The van der Waals surface area contributed by atoms with Crippen LogP contribution in [0.5, 0.6) is 0 Å². The molecule has 0 spiro atoms. The molecule has 94 valence electrons. The van der Waals surface area contributed by atoms with Crippen LogP contribution in [0.25, 0.3) is 0 Å². The van der Waals surface area contributed by atoms with Crippen LogP contribution in [0.1, 0.15) is 19.3 Å². The molecule has 7 nitrogen and oxygen atoms in total. The van der Waals surface area contributed by atoms with Crippen molar-refractivity contribution in [2.75, 3.05) is 0 Å². The SMILES string of the molecule is C#CCC(NC(=O)CC[C@H](N)C(=O)O)C(=O)O. The Kier molecular flexibility index (Phi) is 6.36. The molecular weight excluding hydrogens is 228 g/mol. The van der Waals surface area contributed by atoms with Crippen molar-refractivity contribution < 1.29 is 24.6 Å². The monoisotopic (exact) mass is 242 g/mol. The molecule has 0 radical (unpaired) electrons. The van der Waals surface area contributed by atoms with E-state index in [1.165, 1.54) is 0 Å². The second-order valence-electron chi connectivity index (χ2n) is 3.35. The van der Waals surface area contributed by atoms with Crippen LogP contribution in [-0.4, -0.2) is 40.1 Å². The van der Waals surface area contributed by atoms with Crippen LogP contribution in [0.15, 0.2) is 0 Å². The molecule has 0 heterocycles. The number of terminal acetylenes is 1. The Morgan fingerprint density at radius 2 is 1.88 bits per heavy atom. The lowest BCUT2D eigenvalue weighted by Crippen LogP contribution is -2.41. The second-order valence-corrected chi connectivity index (χ2v) is 3.35. The van der Waals surface area contributed by atoms with E-state index in [-0.39, 0.29) is 19.3 Å². The number of nitrogens with one attached hydrogen (secondary N) is 1. The van der Waals surface area contributed by atoms with Crippen LogP contribution in [0.4, 0.5) is 0 Å². The van der Waals surface area contributed by atoms with E-state index in [0.29, 0.717) is 0 Å². The topological polar surface area (TPSA) is 130 Å². The number of carboxylic acids is 2. The van der Waals surface area contributed by atoms with Gasteiger partial charge in [-0.15, -0.1) is 12.3 Å². The van der Waals surface area contributed by atoms with Gasteiger partial charge in [-0.2, -0.15) is 0 Å². The molecule has 0 rings (SSSR count). The normalized spacial score (nSPS) is 13.2. The first kappa shape index (κ1) is 14.9. The Hall–Kier alpha value is -2.07. The predicted molar refractivity (Wildman–Crippen MR) is 57.9 cm³/mol. The van der Waals surface area contributed by atoms with Crippen molar-refractivity contribution in [3.8, 4) is 12.3 Å². The lowest BCUT2D eigenvalue weighted by Gasteiger charge is -2.12. The van der Waals surface area contributed by atoms with Crippen LogP contribution in [-0.2, 0) is 14.4 Å². The molecule has 0 saturated heterocycles. The van der Waals surface area contributed by atoms with E-state index in [9.17, 15) is 14.4 Å². The molecule has 0 fully saturated rings. The Labute approximate surface area is 98.0 Å². The highest BCUT2D eigenvalue weighted by Gasteiger charge is 2.20. The molecule has 0 aliphatic rings. The average molecular weight is 242 g/mol. The Morgan fingerprint density at radius 3 is 2.29 bits per heavy atom. The van der Waals surface area contributed by atoms with E-state index in [1.54, 1.807) is 0 Å². The van der Waals surface area contributed by atoms with Crippen LogP contribution < -0.4 is 11.1 Å². The first-order valence-corrected chi connectivity index (χ1v) is 4.82. The maximum Gasteiger partial charge on any atom is 0.327 e. The van der Waals surface area contributed by atoms with Crippen molar-refractivity contribution in [1.29, 1.82) is 0 Å². The summed E-state index contributed by atoms with van der Waals surface area (Å²) in [5.74, 6) is -0.919. The highest BCUT2D eigenvalue weighted by Crippen LogP contribution is 1.97. The molecule has 0 aliphatic carbocycles. The quantitative estimate of drug-likeness (QED) is 0.414. The third-order valence-electron chi connectivity index (χ3n) is 1.95. The molecule has 0 bridgehead atoms. The van der Waals surface area contributed by atoms with Gasteiger partial charge in [0.15, 0.2) is 0 Å². The molecular formula is C10H14N2O5.